The number of aliphatic carboxylic acids is 1. The Balaban J connectivity index is 1.81. The normalized spacial score (nSPS) is 23.4. The van der Waals surface area contributed by atoms with Gasteiger partial charge in [0.15, 0.2) is 0 Å². The van der Waals surface area contributed by atoms with E-state index in [0.29, 0.717) is 18.9 Å². The maximum atomic E-state index is 11.0. The van der Waals surface area contributed by atoms with E-state index in [1.807, 2.05) is 13.0 Å². The quantitative estimate of drug-likeness (QED) is 0.878. The summed E-state index contributed by atoms with van der Waals surface area (Å²) in [4.78, 5) is 21.9. The average molecular weight is 247 g/mol. The van der Waals surface area contributed by atoms with Crippen molar-refractivity contribution < 1.29 is 9.90 Å². The van der Waals surface area contributed by atoms with Crippen molar-refractivity contribution in [2.75, 3.05) is 18.0 Å². The minimum Gasteiger partial charge on any atom is -0.481 e. The van der Waals surface area contributed by atoms with Gasteiger partial charge in [0.2, 0.25) is 0 Å². The number of anilines is 1. The lowest BCUT2D eigenvalue weighted by atomic mass is 10.1. The second kappa shape index (κ2) is 4.23. The van der Waals surface area contributed by atoms with Crippen LogP contribution in [0.2, 0.25) is 0 Å². The van der Waals surface area contributed by atoms with E-state index in [-0.39, 0.29) is 5.92 Å². The van der Waals surface area contributed by atoms with Crippen LogP contribution in [0.1, 0.15) is 36.7 Å². The Kier molecular flexibility index (Phi) is 2.69. The maximum absolute atomic E-state index is 11.0. The van der Waals surface area contributed by atoms with Crippen molar-refractivity contribution in [1.82, 2.24) is 9.97 Å². The molecule has 2 fully saturated rings. The van der Waals surface area contributed by atoms with Gasteiger partial charge in [0.1, 0.15) is 11.6 Å². The zero-order valence-electron chi connectivity index (χ0n) is 10.5. The first kappa shape index (κ1) is 11.4. The third kappa shape index (κ3) is 2.17. The van der Waals surface area contributed by atoms with Crippen LogP contribution in [0.15, 0.2) is 6.07 Å². The summed E-state index contributed by atoms with van der Waals surface area (Å²) >= 11 is 0. The molecule has 0 amide bonds. The molecule has 5 heteroatoms. The van der Waals surface area contributed by atoms with Crippen molar-refractivity contribution in [2.45, 2.75) is 32.1 Å². The van der Waals surface area contributed by atoms with E-state index in [0.717, 1.165) is 23.9 Å². The van der Waals surface area contributed by atoms with E-state index in [1.165, 1.54) is 12.8 Å². The van der Waals surface area contributed by atoms with E-state index < -0.39 is 5.97 Å². The van der Waals surface area contributed by atoms with Gasteiger partial charge in [-0.3, -0.25) is 4.79 Å². The molecule has 3 rings (SSSR count). The lowest BCUT2D eigenvalue weighted by molar-refractivity contribution is -0.140. The minimum absolute atomic E-state index is 0.260. The standard InChI is InChI=1S/C13H17N3O2/c1-8-14-11(9-2-3-9)6-12(15-8)16-5-4-10(7-16)13(17)18/h6,9-10H,2-5,7H2,1H3,(H,17,18)/t10-/m0/s1. The van der Waals surface area contributed by atoms with E-state index in [2.05, 4.69) is 14.9 Å². The Hall–Kier alpha value is -1.65. The van der Waals surface area contributed by atoms with Crippen molar-refractivity contribution >= 4 is 11.8 Å². The number of carbonyl (C=O) groups is 1. The number of aryl methyl sites for hydroxylation is 1. The highest BCUT2D eigenvalue weighted by Gasteiger charge is 2.31. The van der Waals surface area contributed by atoms with Gasteiger partial charge in [-0.25, -0.2) is 9.97 Å². The SMILES string of the molecule is Cc1nc(C2CC2)cc(N2CC[C@H](C(=O)O)C2)n1. The molecular weight excluding hydrogens is 230 g/mol. The average Bonchev–Trinajstić information content (AvgIpc) is 3.05. The number of hydrogen-bond acceptors (Lipinski definition) is 4. The molecule has 1 saturated carbocycles. The first-order valence-electron chi connectivity index (χ1n) is 6.47. The van der Waals surface area contributed by atoms with E-state index in [9.17, 15) is 4.79 Å². The third-order valence-electron chi connectivity index (χ3n) is 3.70. The predicted octanol–water partition coefficient (Wildman–Crippen LogP) is 1.57. The predicted molar refractivity (Wildman–Crippen MR) is 66.7 cm³/mol. The molecule has 0 radical (unpaired) electrons. The van der Waals surface area contributed by atoms with Crippen LogP contribution >= 0.6 is 0 Å². The molecule has 1 saturated heterocycles. The topological polar surface area (TPSA) is 66.3 Å². The van der Waals surface area contributed by atoms with Crippen LogP contribution < -0.4 is 4.90 Å². The zero-order chi connectivity index (χ0) is 12.7. The van der Waals surface area contributed by atoms with Crippen LogP contribution in [0.3, 0.4) is 0 Å². The Morgan fingerprint density at radius 3 is 2.78 bits per heavy atom. The fourth-order valence-corrected chi connectivity index (χ4v) is 2.49. The largest absolute Gasteiger partial charge is 0.481 e. The summed E-state index contributed by atoms with van der Waals surface area (Å²) in [6.07, 6.45) is 3.14. The smallest absolute Gasteiger partial charge is 0.308 e. The van der Waals surface area contributed by atoms with Crippen LogP contribution in [-0.4, -0.2) is 34.1 Å². The fraction of sp³-hybridized carbons (Fsp3) is 0.615. The second-order valence-electron chi connectivity index (χ2n) is 5.24. The molecule has 2 aliphatic rings. The van der Waals surface area contributed by atoms with Gasteiger partial charge in [-0.05, 0) is 26.2 Å². The summed E-state index contributed by atoms with van der Waals surface area (Å²) < 4.78 is 0. The first-order valence-corrected chi connectivity index (χ1v) is 6.47. The van der Waals surface area contributed by atoms with Gasteiger partial charge in [-0.15, -0.1) is 0 Å². The molecule has 0 spiro atoms. The molecule has 0 unspecified atom stereocenters. The Labute approximate surface area is 106 Å². The van der Waals surface area contributed by atoms with Crippen LogP contribution in [0, 0.1) is 12.8 Å². The van der Waals surface area contributed by atoms with Crippen LogP contribution in [0.25, 0.3) is 0 Å². The van der Waals surface area contributed by atoms with E-state index in [4.69, 9.17) is 5.11 Å². The van der Waals surface area contributed by atoms with Crippen LogP contribution in [-0.2, 0) is 4.79 Å². The van der Waals surface area contributed by atoms with Gasteiger partial charge < -0.3 is 10.0 Å². The Morgan fingerprint density at radius 1 is 1.39 bits per heavy atom. The van der Waals surface area contributed by atoms with Gasteiger partial charge in [-0.1, -0.05) is 0 Å². The molecule has 96 valence electrons. The zero-order valence-corrected chi connectivity index (χ0v) is 10.5. The molecule has 1 aliphatic heterocycles. The molecule has 18 heavy (non-hydrogen) atoms. The summed E-state index contributed by atoms with van der Waals surface area (Å²) in [5, 5.41) is 9.03. The molecule has 1 aromatic heterocycles. The monoisotopic (exact) mass is 247 g/mol. The molecule has 0 bridgehead atoms. The molecule has 1 aromatic rings. The maximum Gasteiger partial charge on any atom is 0.308 e. The lowest BCUT2D eigenvalue weighted by Crippen LogP contribution is -2.24. The fourth-order valence-electron chi connectivity index (χ4n) is 2.49. The van der Waals surface area contributed by atoms with Gasteiger partial charge >= 0.3 is 5.97 Å². The van der Waals surface area contributed by atoms with Crippen molar-refractivity contribution in [2.24, 2.45) is 5.92 Å². The lowest BCUT2D eigenvalue weighted by Gasteiger charge is -2.18. The molecule has 0 aromatic carbocycles. The number of aromatic nitrogens is 2. The summed E-state index contributed by atoms with van der Waals surface area (Å²) in [6.45, 7) is 3.24. The van der Waals surface area contributed by atoms with Gasteiger partial charge in [0.05, 0.1) is 5.92 Å². The highest BCUT2D eigenvalue weighted by molar-refractivity contribution is 5.71. The molecule has 2 heterocycles. The number of nitrogens with zero attached hydrogens (tertiary/aromatic N) is 3. The summed E-state index contributed by atoms with van der Waals surface area (Å²) in [5.74, 6) is 1.32. The Bertz CT molecular complexity index is 485. The molecule has 1 atom stereocenters. The van der Waals surface area contributed by atoms with Gasteiger partial charge in [0, 0.05) is 30.8 Å². The van der Waals surface area contributed by atoms with E-state index in [1.54, 1.807) is 0 Å². The number of hydrogen-bond donors (Lipinski definition) is 1. The van der Waals surface area contributed by atoms with Crippen molar-refractivity contribution in [3.05, 3.63) is 17.6 Å². The highest BCUT2D eigenvalue weighted by atomic mass is 16.4. The second-order valence-corrected chi connectivity index (χ2v) is 5.24. The van der Waals surface area contributed by atoms with Crippen LogP contribution in [0.4, 0.5) is 5.82 Å². The molecule has 1 N–H and O–H groups in total. The number of rotatable bonds is 3. The van der Waals surface area contributed by atoms with E-state index >= 15 is 0 Å². The van der Waals surface area contributed by atoms with Gasteiger partial charge in [0.25, 0.3) is 0 Å². The Morgan fingerprint density at radius 2 is 2.17 bits per heavy atom. The molecule has 5 nitrogen and oxygen atoms in total. The number of carboxylic acids is 1. The van der Waals surface area contributed by atoms with Crippen molar-refractivity contribution in [1.29, 1.82) is 0 Å². The summed E-state index contributed by atoms with van der Waals surface area (Å²) in [6, 6.07) is 2.04. The number of carboxylic acid groups (broad SMARTS) is 1. The summed E-state index contributed by atoms with van der Waals surface area (Å²) in [5.41, 5.74) is 1.12. The van der Waals surface area contributed by atoms with Crippen molar-refractivity contribution in [3.63, 3.8) is 0 Å². The van der Waals surface area contributed by atoms with Crippen molar-refractivity contribution in [3.8, 4) is 0 Å². The molecule has 1 aliphatic carbocycles. The summed E-state index contributed by atoms with van der Waals surface area (Å²) in [7, 11) is 0. The highest BCUT2D eigenvalue weighted by Crippen LogP contribution is 2.40. The van der Waals surface area contributed by atoms with Gasteiger partial charge in [-0.2, -0.15) is 0 Å². The first-order chi connectivity index (χ1) is 8.63. The third-order valence-corrected chi connectivity index (χ3v) is 3.70. The van der Waals surface area contributed by atoms with Crippen LogP contribution in [0.5, 0.6) is 0 Å². The molecular formula is C13H17N3O2. The minimum atomic E-state index is -0.703.